The summed E-state index contributed by atoms with van der Waals surface area (Å²) in [7, 11) is 3.62. The average Bonchev–Trinajstić information content (AvgIpc) is 2.62. The Morgan fingerprint density at radius 3 is 2.68 bits per heavy atom. The van der Waals surface area contributed by atoms with Gasteiger partial charge < -0.3 is 19.7 Å². The fraction of sp³-hybridized carbons (Fsp3) is 0.350. The van der Waals surface area contributed by atoms with Crippen LogP contribution >= 0.6 is 0 Å². The van der Waals surface area contributed by atoms with E-state index in [0.29, 0.717) is 18.1 Å². The molecule has 0 saturated heterocycles. The number of hydrogen-bond donors (Lipinski definition) is 1. The zero-order valence-electron chi connectivity index (χ0n) is 15.3. The maximum Gasteiger partial charge on any atom is 0.227 e. The van der Waals surface area contributed by atoms with E-state index in [1.165, 1.54) is 0 Å². The Morgan fingerprint density at radius 2 is 1.96 bits per heavy atom. The van der Waals surface area contributed by atoms with Crippen molar-refractivity contribution in [1.29, 1.82) is 0 Å². The molecule has 0 unspecified atom stereocenters. The summed E-state index contributed by atoms with van der Waals surface area (Å²) >= 11 is 0. The number of methoxy groups -OCH3 is 1. The molecule has 5 nitrogen and oxygen atoms in total. The second-order valence-corrected chi connectivity index (χ2v) is 5.87. The third-order valence-electron chi connectivity index (χ3n) is 3.95. The monoisotopic (exact) mass is 342 g/mol. The average molecular weight is 342 g/mol. The third-order valence-corrected chi connectivity index (χ3v) is 3.95. The Balaban J connectivity index is 1.87. The molecule has 0 aliphatic carbocycles. The molecule has 0 saturated carbocycles. The van der Waals surface area contributed by atoms with Gasteiger partial charge in [0.05, 0.1) is 20.1 Å². The van der Waals surface area contributed by atoms with E-state index in [2.05, 4.69) is 17.1 Å². The quantitative estimate of drug-likeness (QED) is 0.791. The van der Waals surface area contributed by atoms with Gasteiger partial charge >= 0.3 is 0 Å². The lowest BCUT2D eigenvalue weighted by Gasteiger charge is -2.17. The van der Waals surface area contributed by atoms with Crippen LogP contribution in [0.3, 0.4) is 0 Å². The molecule has 0 atom stereocenters. The van der Waals surface area contributed by atoms with Crippen LogP contribution < -0.4 is 19.7 Å². The van der Waals surface area contributed by atoms with Gasteiger partial charge in [0.25, 0.3) is 0 Å². The molecule has 2 aromatic rings. The predicted octanol–water partition coefficient (Wildman–Crippen LogP) is 3.87. The molecule has 25 heavy (non-hydrogen) atoms. The highest BCUT2D eigenvalue weighted by Gasteiger charge is 2.08. The number of nitrogens with zero attached hydrogens (tertiary/aromatic N) is 1. The lowest BCUT2D eigenvalue weighted by Crippen LogP contribution is -2.17. The van der Waals surface area contributed by atoms with Gasteiger partial charge in [-0.15, -0.1) is 0 Å². The van der Waals surface area contributed by atoms with Gasteiger partial charge in [-0.05, 0) is 49.7 Å². The highest BCUT2D eigenvalue weighted by atomic mass is 16.5. The Hall–Kier alpha value is -2.69. The minimum Gasteiger partial charge on any atom is -0.493 e. The minimum atomic E-state index is -0.0811. The number of rotatable bonds is 8. The summed E-state index contributed by atoms with van der Waals surface area (Å²) in [6.45, 7) is 5.27. The van der Waals surface area contributed by atoms with Crippen LogP contribution in [0.2, 0.25) is 0 Å². The Labute approximate surface area is 149 Å². The molecule has 0 bridgehead atoms. The molecule has 5 heteroatoms. The molecule has 0 heterocycles. The Morgan fingerprint density at radius 1 is 1.16 bits per heavy atom. The first-order valence-corrected chi connectivity index (χ1v) is 8.42. The number of carbonyl (C=O) groups is 1. The molecule has 0 aliphatic rings. The molecule has 1 amide bonds. The van der Waals surface area contributed by atoms with Gasteiger partial charge in [0.1, 0.15) is 0 Å². The van der Waals surface area contributed by atoms with Crippen molar-refractivity contribution in [2.45, 2.75) is 20.3 Å². The Bertz CT molecular complexity index is 716. The Kier molecular flexibility index (Phi) is 6.69. The first-order valence-electron chi connectivity index (χ1n) is 8.42. The van der Waals surface area contributed by atoms with Crippen LogP contribution in [-0.2, 0) is 4.79 Å². The molecule has 0 aromatic heterocycles. The molecule has 0 spiro atoms. The molecule has 0 radical (unpaired) electrons. The summed E-state index contributed by atoms with van der Waals surface area (Å²) in [4.78, 5) is 14.2. The number of aryl methyl sites for hydroxylation is 1. The van der Waals surface area contributed by atoms with Crippen molar-refractivity contribution in [3.05, 3.63) is 48.0 Å². The maximum absolute atomic E-state index is 12.1. The highest BCUT2D eigenvalue weighted by Crippen LogP contribution is 2.27. The van der Waals surface area contributed by atoms with Crippen LogP contribution in [-0.4, -0.2) is 33.2 Å². The van der Waals surface area contributed by atoms with E-state index in [0.717, 1.165) is 23.5 Å². The third kappa shape index (κ3) is 5.41. The fourth-order valence-electron chi connectivity index (χ4n) is 2.37. The zero-order chi connectivity index (χ0) is 18.2. The number of ether oxygens (including phenoxy) is 2. The van der Waals surface area contributed by atoms with Crippen molar-refractivity contribution in [2.75, 3.05) is 37.5 Å². The molecule has 1 N–H and O–H groups in total. The van der Waals surface area contributed by atoms with Gasteiger partial charge in [0.2, 0.25) is 5.91 Å². The molecule has 2 rings (SSSR count). The van der Waals surface area contributed by atoms with Crippen LogP contribution in [0.1, 0.15) is 18.9 Å². The van der Waals surface area contributed by atoms with Crippen LogP contribution in [0.5, 0.6) is 11.5 Å². The molecule has 0 fully saturated rings. The summed E-state index contributed by atoms with van der Waals surface area (Å²) in [6, 6.07) is 13.5. The van der Waals surface area contributed by atoms with Gasteiger partial charge in [-0.3, -0.25) is 4.79 Å². The van der Waals surface area contributed by atoms with Crippen molar-refractivity contribution in [1.82, 2.24) is 0 Å². The predicted molar refractivity (Wildman–Crippen MR) is 102 cm³/mol. The lowest BCUT2D eigenvalue weighted by molar-refractivity contribution is -0.116. The van der Waals surface area contributed by atoms with E-state index >= 15 is 0 Å². The highest BCUT2D eigenvalue weighted by molar-refractivity contribution is 5.91. The van der Waals surface area contributed by atoms with E-state index in [1.54, 1.807) is 7.11 Å². The molecular weight excluding hydrogens is 316 g/mol. The number of carbonyl (C=O) groups excluding carboxylic acids is 1. The van der Waals surface area contributed by atoms with Crippen LogP contribution in [0.4, 0.5) is 11.4 Å². The first kappa shape index (κ1) is 18.6. The van der Waals surface area contributed by atoms with E-state index in [-0.39, 0.29) is 12.3 Å². The maximum atomic E-state index is 12.1. The first-order chi connectivity index (χ1) is 12.0. The summed E-state index contributed by atoms with van der Waals surface area (Å²) in [6.07, 6.45) is 0.269. The van der Waals surface area contributed by atoms with Gasteiger partial charge in [0, 0.05) is 25.0 Å². The molecule has 2 aromatic carbocycles. The standard InChI is InChI=1S/C20H26N2O3/c1-5-22(3)17-8-6-7-16(14-17)21-20(23)11-12-25-18-10-9-15(2)13-19(18)24-4/h6-10,13-14H,5,11-12H2,1-4H3,(H,21,23). The van der Waals surface area contributed by atoms with Gasteiger partial charge in [0.15, 0.2) is 11.5 Å². The van der Waals surface area contributed by atoms with E-state index in [1.807, 2.05) is 56.4 Å². The van der Waals surface area contributed by atoms with Gasteiger partial charge in [-0.25, -0.2) is 0 Å². The normalized spacial score (nSPS) is 10.2. The van der Waals surface area contributed by atoms with Gasteiger partial charge in [-0.2, -0.15) is 0 Å². The van der Waals surface area contributed by atoms with Crippen molar-refractivity contribution in [2.24, 2.45) is 0 Å². The number of anilines is 2. The second kappa shape index (κ2) is 8.97. The number of nitrogens with one attached hydrogen (secondary N) is 1. The van der Waals surface area contributed by atoms with Crippen molar-refractivity contribution < 1.29 is 14.3 Å². The summed E-state index contributed by atoms with van der Waals surface area (Å²) < 4.78 is 11.0. The van der Waals surface area contributed by atoms with Crippen molar-refractivity contribution in [3.8, 4) is 11.5 Å². The van der Waals surface area contributed by atoms with Crippen LogP contribution in [0, 0.1) is 6.92 Å². The van der Waals surface area contributed by atoms with E-state index in [4.69, 9.17) is 9.47 Å². The molecular formula is C20H26N2O3. The van der Waals surface area contributed by atoms with E-state index < -0.39 is 0 Å². The van der Waals surface area contributed by atoms with Crippen molar-refractivity contribution >= 4 is 17.3 Å². The second-order valence-electron chi connectivity index (χ2n) is 5.87. The lowest BCUT2D eigenvalue weighted by atomic mass is 10.2. The largest absolute Gasteiger partial charge is 0.493 e. The van der Waals surface area contributed by atoms with Crippen molar-refractivity contribution in [3.63, 3.8) is 0 Å². The zero-order valence-corrected chi connectivity index (χ0v) is 15.3. The number of hydrogen-bond acceptors (Lipinski definition) is 4. The summed E-state index contributed by atoms with van der Waals surface area (Å²) in [5.74, 6) is 1.24. The number of amides is 1. The smallest absolute Gasteiger partial charge is 0.227 e. The molecule has 134 valence electrons. The minimum absolute atomic E-state index is 0.0811. The van der Waals surface area contributed by atoms with Crippen LogP contribution in [0.15, 0.2) is 42.5 Å². The van der Waals surface area contributed by atoms with Gasteiger partial charge in [-0.1, -0.05) is 12.1 Å². The summed E-state index contributed by atoms with van der Waals surface area (Å²) in [5, 5.41) is 2.91. The topological polar surface area (TPSA) is 50.8 Å². The van der Waals surface area contributed by atoms with E-state index in [9.17, 15) is 4.79 Å². The summed E-state index contributed by atoms with van der Waals surface area (Å²) in [5.41, 5.74) is 2.95. The van der Waals surface area contributed by atoms with Crippen LogP contribution in [0.25, 0.3) is 0 Å². The SMILES string of the molecule is CCN(C)c1cccc(NC(=O)CCOc2ccc(C)cc2OC)c1. The fourth-order valence-corrected chi connectivity index (χ4v) is 2.37. The molecule has 0 aliphatic heterocycles. The number of benzene rings is 2.